The maximum atomic E-state index is 11.8. The molecule has 20 heavy (non-hydrogen) atoms. The number of anilines is 1. The molecule has 0 spiro atoms. The molecule has 2 aliphatic rings. The molecule has 1 aliphatic carbocycles. The van der Waals surface area contributed by atoms with Gasteiger partial charge in [-0.25, -0.2) is 4.98 Å². The van der Waals surface area contributed by atoms with Crippen LogP contribution in [0.3, 0.4) is 0 Å². The van der Waals surface area contributed by atoms with Gasteiger partial charge in [0.05, 0.1) is 11.7 Å². The number of fused-ring (bicyclic) bond motifs is 1. The summed E-state index contributed by atoms with van der Waals surface area (Å²) in [6, 6.07) is 0.275. The van der Waals surface area contributed by atoms with Crippen molar-refractivity contribution < 1.29 is 4.79 Å². The van der Waals surface area contributed by atoms with Gasteiger partial charge in [0.2, 0.25) is 5.91 Å². The van der Waals surface area contributed by atoms with Crippen LogP contribution in [-0.2, 0) is 11.2 Å². The maximum Gasteiger partial charge on any atom is 0.242 e. The summed E-state index contributed by atoms with van der Waals surface area (Å²) in [6.45, 7) is 6.63. The third-order valence-corrected chi connectivity index (χ3v) is 5.31. The number of nitrogens with zero attached hydrogens (tertiary/aromatic N) is 2. The minimum absolute atomic E-state index is 0.104. The Morgan fingerprint density at radius 3 is 3.20 bits per heavy atom. The third-order valence-electron chi connectivity index (χ3n) is 4.14. The molecule has 2 heterocycles. The lowest BCUT2D eigenvalue weighted by atomic mass is 9.98. The molecule has 6 heteroatoms. The van der Waals surface area contributed by atoms with Crippen molar-refractivity contribution in [1.82, 2.24) is 15.6 Å². The van der Waals surface area contributed by atoms with Crippen LogP contribution in [0.1, 0.15) is 43.3 Å². The second kappa shape index (κ2) is 5.69. The van der Waals surface area contributed by atoms with E-state index < -0.39 is 0 Å². The number of piperazine rings is 1. The normalized spacial score (nSPS) is 26.3. The quantitative estimate of drug-likeness (QED) is 0.886. The van der Waals surface area contributed by atoms with E-state index in [4.69, 9.17) is 4.98 Å². The summed E-state index contributed by atoms with van der Waals surface area (Å²) in [4.78, 5) is 20.2. The SMILES string of the molecule is CCNC1CCCc2sc(N3CCNC(=O)C3C)nc21. The monoisotopic (exact) mass is 294 g/mol. The lowest BCUT2D eigenvalue weighted by Gasteiger charge is -2.32. The highest BCUT2D eigenvalue weighted by molar-refractivity contribution is 7.15. The van der Waals surface area contributed by atoms with Gasteiger partial charge in [-0.1, -0.05) is 6.92 Å². The second-order valence-corrected chi connectivity index (χ2v) is 6.53. The summed E-state index contributed by atoms with van der Waals surface area (Å²) < 4.78 is 0. The first kappa shape index (κ1) is 13.8. The molecule has 1 aliphatic heterocycles. The third kappa shape index (κ3) is 2.42. The lowest BCUT2D eigenvalue weighted by molar-refractivity contribution is -0.122. The first-order valence-corrected chi connectivity index (χ1v) is 8.29. The lowest BCUT2D eigenvalue weighted by Crippen LogP contribution is -2.54. The molecule has 1 aromatic rings. The number of amides is 1. The van der Waals surface area contributed by atoms with Crippen LogP contribution in [0.5, 0.6) is 0 Å². The Hall–Kier alpha value is -1.14. The molecule has 0 aromatic carbocycles. The molecule has 1 amide bonds. The Bertz CT molecular complexity index is 501. The number of carbonyl (C=O) groups is 1. The zero-order valence-electron chi connectivity index (χ0n) is 12.1. The van der Waals surface area contributed by atoms with Gasteiger partial charge in [0.15, 0.2) is 5.13 Å². The molecule has 2 N–H and O–H groups in total. The summed E-state index contributed by atoms with van der Waals surface area (Å²) in [6.07, 6.45) is 3.52. The Morgan fingerprint density at radius 1 is 1.55 bits per heavy atom. The van der Waals surface area contributed by atoms with Crippen LogP contribution in [0.4, 0.5) is 5.13 Å². The highest BCUT2D eigenvalue weighted by atomic mass is 32.1. The number of hydrogen-bond acceptors (Lipinski definition) is 5. The minimum Gasteiger partial charge on any atom is -0.353 e. The van der Waals surface area contributed by atoms with Gasteiger partial charge in [-0.3, -0.25) is 4.79 Å². The van der Waals surface area contributed by atoms with Crippen LogP contribution in [0.25, 0.3) is 0 Å². The Labute approximate surface area is 123 Å². The van der Waals surface area contributed by atoms with Gasteiger partial charge in [0.1, 0.15) is 6.04 Å². The largest absolute Gasteiger partial charge is 0.353 e. The van der Waals surface area contributed by atoms with Gasteiger partial charge >= 0.3 is 0 Å². The van der Waals surface area contributed by atoms with Crippen LogP contribution in [0.15, 0.2) is 0 Å². The van der Waals surface area contributed by atoms with Crippen molar-refractivity contribution in [2.75, 3.05) is 24.5 Å². The van der Waals surface area contributed by atoms with Crippen molar-refractivity contribution in [1.29, 1.82) is 0 Å². The average molecular weight is 294 g/mol. The first-order valence-electron chi connectivity index (χ1n) is 7.48. The molecular formula is C14H22N4OS. The second-order valence-electron chi connectivity index (χ2n) is 5.47. The predicted octanol–water partition coefficient (Wildman–Crippen LogP) is 1.45. The van der Waals surface area contributed by atoms with E-state index in [0.717, 1.165) is 24.6 Å². The molecule has 5 nitrogen and oxygen atoms in total. The highest BCUT2D eigenvalue weighted by Gasteiger charge is 2.31. The molecule has 1 fully saturated rings. The molecule has 1 saturated heterocycles. The van der Waals surface area contributed by atoms with Gasteiger partial charge in [-0.15, -0.1) is 11.3 Å². The molecule has 110 valence electrons. The molecule has 0 saturated carbocycles. The Morgan fingerprint density at radius 2 is 2.40 bits per heavy atom. The van der Waals surface area contributed by atoms with Crippen molar-refractivity contribution in [3.63, 3.8) is 0 Å². The molecule has 2 unspecified atom stereocenters. The summed E-state index contributed by atoms with van der Waals surface area (Å²) in [7, 11) is 0. The molecule has 2 atom stereocenters. The molecule has 3 rings (SSSR count). The summed E-state index contributed by atoms with van der Waals surface area (Å²) in [5.74, 6) is 0.104. The van der Waals surface area contributed by atoms with E-state index in [-0.39, 0.29) is 11.9 Å². The zero-order valence-corrected chi connectivity index (χ0v) is 12.9. The van der Waals surface area contributed by atoms with Crippen molar-refractivity contribution in [3.8, 4) is 0 Å². The van der Waals surface area contributed by atoms with E-state index in [1.807, 2.05) is 6.92 Å². The fourth-order valence-electron chi connectivity index (χ4n) is 3.02. The average Bonchev–Trinajstić information content (AvgIpc) is 2.87. The number of nitrogens with one attached hydrogen (secondary N) is 2. The molecular weight excluding hydrogens is 272 g/mol. The first-order chi connectivity index (χ1) is 9.70. The van der Waals surface area contributed by atoms with Crippen molar-refractivity contribution in [2.45, 2.75) is 45.2 Å². The summed E-state index contributed by atoms with van der Waals surface area (Å²) >= 11 is 1.77. The number of hydrogen-bond donors (Lipinski definition) is 2. The Balaban J connectivity index is 1.86. The van der Waals surface area contributed by atoms with E-state index in [0.29, 0.717) is 12.6 Å². The predicted molar refractivity (Wildman–Crippen MR) is 81.3 cm³/mol. The highest BCUT2D eigenvalue weighted by Crippen LogP contribution is 2.37. The van der Waals surface area contributed by atoms with Gasteiger partial charge in [-0.2, -0.15) is 0 Å². The summed E-state index contributed by atoms with van der Waals surface area (Å²) in [5, 5.41) is 7.45. The van der Waals surface area contributed by atoms with Crippen LogP contribution in [0.2, 0.25) is 0 Å². The van der Waals surface area contributed by atoms with E-state index in [1.54, 1.807) is 11.3 Å². The zero-order chi connectivity index (χ0) is 14.1. The van der Waals surface area contributed by atoms with Gasteiger partial charge in [0, 0.05) is 18.0 Å². The van der Waals surface area contributed by atoms with Gasteiger partial charge < -0.3 is 15.5 Å². The van der Waals surface area contributed by atoms with Crippen LogP contribution in [-0.4, -0.2) is 36.6 Å². The van der Waals surface area contributed by atoms with E-state index in [1.165, 1.54) is 23.4 Å². The van der Waals surface area contributed by atoms with Crippen molar-refractivity contribution >= 4 is 22.4 Å². The van der Waals surface area contributed by atoms with Crippen LogP contribution < -0.4 is 15.5 Å². The van der Waals surface area contributed by atoms with Crippen LogP contribution >= 0.6 is 11.3 Å². The smallest absolute Gasteiger partial charge is 0.242 e. The van der Waals surface area contributed by atoms with Crippen molar-refractivity contribution in [3.05, 3.63) is 10.6 Å². The molecule has 1 aromatic heterocycles. The fraction of sp³-hybridized carbons (Fsp3) is 0.714. The van der Waals surface area contributed by atoms with Crippen LogP contribution in [0, 0.1) is 0 Å². The number of aryl methyl sites for hydroxylation is 1. The minimum atomic E-state index is -0.117. The Kier molecular flexibility index (Phi) is 3.94. The maximum absolute atomic E-state index is 11.8. The van der Waals surface area contributed by atoms with Gasteiger partial charge in [0.25, 0.3) is 0 Å². The molecule has 0 radical (unpaired) electrons. The number of aromatic nitrogens is 1. The van der Waals surface area contributed by atoms with Gasteiger partial charge in [-0.05, 0) is 32.7 Å². The van der Waals surface area contributed by atoms with E-state index in [9.17, 15) is 4.79 Å². The topological polar surface area (TPSA) is 57.3 Å². The standard InChI is InChI=1S/C14H22N4OS/c1-3-15-10-5-4-6-11-12(10)17-14(20-11)18-8-7-16-13(19)9(18)2/h9-10,15H,3-8H2,1-2H3,(H,16,19). The number of rotatable bonds is 3. The van der Waals surface area contributed by atoms with E-state index >= 15 is 0 Å². The molecule has 0 bridgehead atoms. The number of carbonyl (C=O) groups excluding carboxylic acids is 1. The van der Waals surface area contributed by atoms with E-state index in [2.05, 4.69) is 22.5 Å². The summed E-state index contributed by atoms with van der Waals surface area (Å²) in [5.41, 5.74) is 1.22. The van der Waals surface area contributed by atoms with Crippen molar-refractivity contribution in [2.24, 2.45) is 0 Å². The fourth-order valence-corrected chi connectivity index (χ4v) is 4.29. The number of thiazole rings is 1.